The van der Waals surface area contributed by atoms with Crippen LogP contribution in [-0.4, -0.2) is 30.6 Å². The lowest BCUT2D eigenvalue weighted by atomic mass is 9.81. The first-order valence-electron chi connectivity index (χ1n) is 7.25. The highest BCUT2D eigenvalue weighted by Gasteiger charge is 2.37. The summed E-state index contributed by atoms with van der Waals surface area (Å²) >= 11 is 1.91. The minimum absolute atomic E-state index is 0.116. The van der Waals surface area contributed by atoms with Crippen molar-refractivity contribution in [3.63, 3.8) is 0 Å². The summed E-state index contributed by atoms with van der Waals surface area (Å²) in [5.74, 6) is 5.86. The molecule has 0 bridgehead atoms. The molecule has 4 heteroatoms. The number of aryl methyl sites for hydroxylation is 1. The van der Waals surface area contributed by atoms with Gasteiger partial charge in [-0.05, 0) is 45.5 Å². The van der Waals surface area contributed by atoms with E-state index in [0.29, 0.717) is 0 Å². The Hall–Kier alpha value is -0.420. The van der Waals surface area contributed by atoms with Gasteiger partial charge >= 0.3 is 0 Å². The summed E-state index contributed by atoms with van der Waals surface area (Å²) in [6.45, 7) is 6.70. The van der Waals surface area contributed by atoms with Crippen molar-refractivity contribution in [1.82, 2.24) is 10.3 Å². The molecule has 0 radical (unpaired) electrons. The monoisotopic (exact) mass is 283 g/mol. The molecule has 110 valence electrons. The summed E-state index contributed by atoms with van der Waals surface area (Å²) in [6.07, 6.45) is 4.31. The zero-order valence-electron chi connectivity index (χ0n) is 13.0. The van der Waals surface area contributed by atoms with E-state index in [4.69, 9.17) is 5.84 Å². The van der Waals surface area contributed by atoms with Crippen molar-refractivity contribution in [2.45, 2.75) is 58.0 Å². The third-order valence-corrected chi connectivity index (χ3v) is 5.69. The number of hydrogen-bond acceptors (Lipinski definition) is 4. The Labute approximate surface area is 122 Å². The number of nitrogens with zero attached hydrogens (tertiary/aromatic N) is 1. The van der Waals surface area contributed by atoms with Crippen LogP contribution in [0.1, 0.15) is 43.4 Å². The Kier molecular flexibility index (Phi) is 6.47. The van der Waals surface area contributed by atoms with E-state index in [-0.39, 0.29) is 11.6 Å². The lowest BCUT2D eigenvalue weighted by Gasteiger charge is -2.44. The average Bonchev–Trinajstić information content (AvgIpc) is 2.86. The quantitative estimate of drug-likeness (QED) is 0.569. The predicted molar refractivity (Wildman–Crippen MR) is 85.5 cm³/mol. The van der Waals surface area contributed by atoms with E-state index < -0.39 is 0 Å². The van der Waals surface area contributed by atoms with E-state index in [9.17, 15) is 0 Å². The highest BCUT2D eigenvalue weighted by Crippen LogP contribution is 2.29. The van der Waals surface area contributed by atoms with E-state index >= 15 is 0 Å². The molecule has 3 nitrogen and oxygen atoms in total. The molecule has 1 aromatic heterocycles. The Morgan fingerprint density at radius 3 is 2.16 bits per heavy atom. The van der Waals surface area contributed by atoms with E-state index in [1.54, 1.807) is 0 Å². The van der Waals surface area contributed by atoms with Crippen LogP contribution in [0, 0.1) is 0 Å². The first-order valence-corrected chi connectivity index (χ1v) is 8.06. The molecule has 19 heavy (non-hydrogen) atoms. The molecule has 0 aliphatic heterocycles. The third-order valence-electron chi connectivity index (χ3n) is 4.44. The lowest BCUT2D eigenvalue weighted by molar-refractivity contribution is 0.0886. The highest BCUT2D eigenvalue weighted by atomic mass is 32.1. The van der Waals surface area contributed by atoms with Crippen LogP contribution in [-0.2, 0) is 12.8 Å². The second-order valence-electron chi connectivity index (χ2n) is 5.35. The van der Waals surface area contributed by atoms with Gasteiger partial charge in [0.15, 0.2) is 0 Å². The third kappa shape index (κ3) is 3.57. The molecule has 0 spiro atoms. The second kappa shape index (κ2) is 7.39. The van der Waals surface area contributed by atoms with Crippen LogP contribution in [0.25, 0.3) is 0 Å². The number of hydrazine groups is 1. The van der Waals surface area contributed by atoms with Crippen molar-refractivity contribution in [1.29, 1.82) is 0 Å². The minimum Gasteiger partial charge on any atom is -0.302 e. The van der Waals surface area contributed by atoms with Crippen LogP contribution in [0.2, 0.25) is 0 Å². The van der Waals surface area contributed by atoms with Crippen LogP contribution in [0.15, 0.2) is 12.1 Å². The number of nitrogens with two attached hydrogens (primary N) is 1. The summed E-state index contributed by atoms with van der Waals surface area (Å²) < 4.78 is 0. The van der Waals surface area contributed by atoms with Crippen LogP contribution < -0.4 is 11.3 Å². The second-order valence-corrected chi connectivity index (χ2v) is 6.60. The van der Waals surface area contributed by atoms with E-state index in [1.165, 1.54) is 9.75 Å². The van der Waals surface area contributed by atoms with Crippen molar-refractivity contribution in [2.75, 3.05) is 14.1 Å². The minimum atomic E-state index is 0.116. The Morgan fingerprint density at radius 2 is 1.79 bits per heavy atom. The van der Waals surface area contributed by atoms with Crippen molar-refractivity contribution in [3.8, 4) is 0 Å². The first-order chi connectivity index (χ1) is 9.03. The average molecular weight is 283 g/mol. The molecule has 0 amide bonds. The molecule has 0 aliphatic carbocycles. The smallest absolute Gasteiger partial charge is 0.0442 e. The fourth-order valence-electron chi connectivity index (χ4n) is 3.01. The number of nitrogens with one attached hydrogen (secondary N) is 1. The van der Waals surface area contributed by atoms with Gasteiger partial charge in [-0.1, -0.05) is 20.8 Å². The molecule has 0 aliphatic rings. The number of rotatable bonds is 8. The van der Waals surface area contributed by atoms with Crippen LogP contribution >= 0.6 is 11.3 Å². The summed E-state index contributed by atoms with van der Waals surface area (Å²) in [4.78, 5) is 5.20. The van der Waals surface area contributed by atoms with Crippen molar-refractivity contribution >= 4 is 11.3 Å². The molecular formula is C15H29N3S. The number of likely N-dealkylation sites (N-methyl/N-ethyl adjacent to an activating group) is 1. The molecule has 0 fully saturated rings. The lowest BCUT2D eigenvalue weighted by Crippen LogP contribution is -2.61. The maximum atomic E-state index is 5.86. The predicted octanol–water partition coefficient (Wildman–Crippen LogP) is 2.81. The summed E-state index contributed by atoms with van der Waals surface area (Å²) in [7, 11) is 4.31. The molecule has 1 aromatic rings. The van der Waals surface area contributed by atoms with Gasteiger partial charge in [0.05, 0.1) is 0 Å². The highest BCUT2D eigenvalue weighted by molar-refractivity contribution is 7.11. The fraction of sp³-hybridized carbons (Fsp3) is 0.733. The van der Waals surface area contributed by atoms with E-state index in [0.717, 1.165) is 25.7 Å². The topological polar surface area (TPSA) is 41.3 Å². The van der Waals surface area contributed by atoms with E-state index in [2.05, 4.69) is 57.3 Å². The van der Waals surface area contributed by atoms with Crippen LogP contribution in [0.4, 0.5) is 0 Å². The summed E-state index contributed by atoms with van der Waals surface area (Å²) in [5, 5.41) is 0. The normalized spacial score (nSPS) is 14.1. The van der Waals surface area contributed by atoms with Gasteiger partial charge in [-0.15, -0.1) is 11.3 Å². The number of hydrogen-bond donors (Lipinski definition) is 2. The van der Waals surface area contributed by atoms with E-state index in [1.807, 2.05) is 11.3 Å². The zero-order chi connectivity index (χ0) is 14.5. The Morgan fingerprint density at radius 1 is 1.21 bits per heavy atom. The van der Waals surface area contributed by atoms with Gasteiger partial charge in [-0.3, -0.25) is 11.3 Å². The zero-order valence-corrected chi connectivity index (χ0v) is 13.8. The van der Waals surface area contributed by atoms with Gasteiger partial charge < -0.3 is 4.90 Å². The molecule has 1 heterocycles. The van der Waals surface area contributed by atoms with Crippen molar-refractivity contribution < 1.29 is 0 Å². The Balaban J connectivity index is 2.91. The van der Waals surface area contributed by atoms with Gasteiger partial charge in [-0.2, -0.15) is 0 Å². The molecule has 1 rings (SSSR count). The molecule has 1 atom stereocenters. The van der Waals surface area contributed by atoms with Gasteiger partial charge in [-0.25, -0.2) is 0 Å². The molecule has 0 aromatic carbocycles. The van der Waals surface area contributed by atoms with Gasteiger partial charge in [0.1, 0.15) is 0 Å². The SMILES string of the molecule is CCc1ccc(CC(NN)C(CC)(CC)N(C)C)s1. The summed E-state index contributed by atoms with van der Waals surface area (Å²) in [5.41, 5.74) is 3.18. The summed E-state index contributed by atoms with van der Waals surface area (Å²) in [6, 6.07) is 4.77. The maximum absolute atomic E-state index is 5.86. The van der Waals surface area contributed by atoms with Crippen molar-refractivity contribution in [2.24, 2.45) is 5.84 Å². The van der Waals surface area contributed by atoms with Gasteiger partial charge in [0.2, 0.25) is 0 Å². The maximum Gasteiger partial charge on any atom is 0.0442 e. The first kappa shape index (κ1) is 16.6. The molecular weight excluding hydrogens is 254 g/mol. The van der Waals surface area contributed by atoms with Gasteiger partial charge in [0.25, 0.3) is 0 Å². The largest absolute Gasteiger partial charge is 0.302 e. The standard InChI is InChI=1S/C15H29N3S/c1-6-12-9-10-13(19-12)11-14(17-16)15(7-2,8-3)18(4)5/h9-10,14,17H,6-8,11,16H2,1-5H3. The molecule has 1 unspecified atom stereocenters. The van der Waals surface area contributed by atoms with Crippen molar-refractivity contribution in [3.05, 3.63) is 21.9 Å². The molecule has 0 saturated heterocycles. The number of thiophene rings is 1. The molecule has 3 N–H and O–H groups in total. The molecule has 0 saturated carbocycles. The van der Waals surface area contributed by atoms with Gasteiger partial charge in [0, 0.05) is 27.8 Å². The van der Waals surface area contributed by atoms with Crippen LogP contribution in [0.5, 0.6) is 0 Å². The Bertz CT molecular complexity index is 369. The fourth-order valence-corrected chi connectivity index (χ4v) is 4.02. The van der Waals surface area contributed by atoms with Crippen LogP contribution in [0.3, 0.4) is 0 Å².